The van der Waals surface area contributed by atoms with Crippen LogP contribution in [0, 0.1) is 5.92 Å². The van der Waals surface area contributed by atoms with E-state index < -0.39 is 5.92 Å². The van der Waals surface area contributed by atoms with Crippen LogP contribution in [-0.2, 0) is 4.74 Å². The van der Waals surface area contributed by atoms with E-state index in [0.29, 0.717) is 31.8 Å². The molecule has 0 unspecified atom stereocenters. The summed E-state index contributed by atoms with van der Waals surface area (Å²) < 4.78 is 30.7. The van der Waals surface area contributed by atoms with Crippen molar-refractivity contribution < 1.29 is 13.5 Å². The van der Waals surface area contributed by atoms with Crippen molar-refractivity contribution in [1.82, 2.24) is 5.43 Å². The van der Waals surface area contributed by atoms with Crippen LogP contribution in [0.4, 0.5) is 8.78 Å². The van der Waals surface area contributed by atoms with Crippen molar-refractivity contribution in [3.05, 3.63) is 0 Å². The monoisotopic (exact) mass is 235 g/mol. The zero-order valence-electron chi connectivity index (χ0n) is 9.51. The lowest BCUT2D eigenvalue weighted by Crippen LogP contribution is -2.39. The standard InChI is InChI=1S/C10H19F2N3O/c1-16-7-6-14-9(15-13)8-2-4-10(11,12)5-3-8/h8H,2-7,13H2,1H3,(H,14,15). The number of rotatable bonds is 4. The lowest BCUT2D eigenvalue weighted by Gasteiger charge is -2.28. The number of alkyl halides is 2. The Morgan fingerprint density at radius 1 is 1.50 bits per heavy atom. The van der Waals surface area contributed by atoms with Crippen molar-refractivity contribution >= 4 is 5.84 Å². The molecule has 0 amide bonds. The van der Waals surface area contributed by atoms with Crippen LogP contribution in [0.25, 0.3) is 0 Å². The minimum Gasteiger partial charge on any atom is -0.383 e. The van der Waals surface area contributed by atoms with Crippen LogP contribution in [0.5, 0.6) is 0 Å². The summed E-state index contributed by atoms with van der Waals surface area (Å²) in [7, 11) is 1.59. The zero-order valence-corrected chi connectivity index (χ0v) is 9.51. The molecule has 1 aliphatic carbocycles. The number of hydrogen-bond acceptors (Lipinski definition) is 3. The molecular weight excluding hydrogens is 216 g/mol. The molecule has 0 aromatic rings. The first kappa shape index (κ1) is 13.3. The minimum atomic E-state index is -2.51. The van der Waals surface area contributed by atoms with E-state index in [0.717, 1.165) is 0 Å². The molecule has 0 atom stereocenters. The lowest BCUT2D eigenvalue weighted by molar-refractivity contribution is -0.0396. The molecule has 1 aliphatic rings. The molecule has 4 nitrogen and oxygen atoms in total. The molecule has 0 aromatic carbocycles. The van der Waals surface area contributed by atoms with Gasteiger partial charge < -0.3 is 10.2 Å². The maximum atomic E-state index is 12.9. The molecule has 0 spiro atoms. The summed E-state index contributed by atoms with van der Waals surface area (Å²) in [6.45, 7) is 1.01. The molecule has 1 fully saturated rings. The van der Waals surface area contributed by atoms with Gasteiger partial charge in [-0.05, 0) is 12.8 Å². The number of halogens is 2. The van der Waals surface area contributed by atoms with Gasteiger partial charge in [0.2, 0.25) is 5.92 Å². The summed E-state index contributed by atoms with van der Waals surface area (Å²) in [5, 5.41) is 0. The van der Waals surface area contributed by atoms with Crippen LogP contribution < -0.4 is 11.3 Å². The van der Waals surface area contributed by atoms with E-state index in [1.54, 1.807) is 7.11 Å². The van der Waals surface area contributed by atoms with Gasteiger partial charge in [-0.25, -0.2) is 14.6 Å². The number of nitrogens with two attached hydrogens (primary N) is 1. The highest BCUT2D eigenvalue weighted by molar-refractivity contribution is 5.84. The highest BCUT2D eigenvalue weighted by atomic mass is 19.3. The number of nitrogens with one attached hydrogen (secondary N) is 1. The molecule has 0 aliphatic heterocycles. The highest BCUT2D eigenvalue weighted by Gasteiger charge is 2.36. The molecule has 0 aromatic heterocycles. The number of hydrogen-bond donors (Lipinski definition) is 2. The van der Waals surface area contributed by atoms with Crippen molar-refractivity contribution in [3.63, 3.8) is 0 Å². The third-order valence-corrected chi connectivity index (χ3v) is 2.83. The predicted molar refractivity (Wildman–Crippen MR) is 58.4 cm³/mol. The Morgan fingerprint density at radius 3 is 2.62 bits per heavy atom. The van der Waals surface area contributed by atoms with Gasteiger partial charge in [0.25, 0.3) is 0 Å². The van der Waals surface area contributed by atoms with Crippen LogP contribution in [0.3, 0.4) is 0 Å². The van der Waals surface area contributed by atoms with E-state index in [1.807, 2.05) is 0 Å². The fourth-order valence-electron chi connectivity index (χ4n) is 1.86. The van der Waals surface area contributed by atoms with Crippen molar-refractivity contribution in [2.24, 2.45) is 16.8 Å². The lowest BCUT2D eigenvalue weighted by atomic mass is 9.86. The molecule has 0 radical (unpaired) electrons. The van der Waals surface area contributed by atoms with Gasteiger partial charge in [-0.3, -0.25) is 4.99 Å². The van der Waals surface area contributed by atoms with Gasteiger partial charge in [0.15, 0.2) is 0 Å². The maximum Gasteiger partial charge on any atom is 0.248 e. The average molecular weight is 235 g/mol. The number of hydrazine groups is 1. The number of ether oxygens (including phenoxy) is 1. The topological polar surface area (TPSA) is 59.6 Å². The van der Waals surface area contributed by atoms with Gasteiger partial charge in [0.05, 0.1) is 13.2 Å². The molecule has 0 heterocycles. The van der Waals surface area contributed by atoms with E-state index in [1.165, 1.54) is 0 Å². The van der Waals surface area contributed by atoms with Gasteiger partial charge in [0.1, 0.15) is 5.84 Å². The Bertz CT molecular complexity index is 236. The normalized spacial score (nSPS) is 22.1. The Hall–Kier alpha value is -0.750. The Kier molecular flexibility index (Phi) is 5.08. The first-order valence-corrected chi connectivity index (χ1v) is 5.47. The first-order valence-electron chi connectivity index (χ1n) is 5.47. The van der Waals surface area contributed by atoms with Crippen molar-refractivity contribution in [1.29, 1.82) is 0 Å². The van der Waals surface area contributed by atoms with Crippen LogP contribution in [0.2, 0.25) is 0 Å². The molecule has 0 saturated heterocycles. The molecule has 6 heteroatoms. The third-order valence-electron chi connectivity index (χ3n) is 2.83. The third kappa shape index (κ3) is 4.02. The van der Waals surface area contributed by atoms with Gasteiger partial charge in [-0.15, -0.1) is 0 Å². The van der Waals surface area contributed by atoms with Gasteiger partial charge in [-0.2, -0.15) is 0 Å². The Morgan fingerprint density at radius 2 is 2.12 bits per heavy atom. The van der Waals surface area contributed by atoms with Crippen LogP contribution in [0.1, 0.15) is 25.7 Å². The fourth-order valence-corrected chi connectivity index (χ4v) is 1.86. The summed E-state index contributed by atoms with van der Waals surface area (Å²) in [4.78, 5) is 4.21. The number of methoxy groups -OCH3 is 1. The van der Waals surface area contributed by atoms with Crippen molar-refractivity contribution in [2.45, 2.75) is 31.6 Å². The van der Waals surface area contributed by atoms with Crippen molar-refractivity contribution in [3.8, 4) is 0 Å². The number of amidine groups is 1. The van der Waals surface area contributed by atoms with E-state index in [-0.39, 0.29) is 18.8 Å². The van der Waals surface area contributed by atoms with Gasteiger partial charge >= 0.3 is 0 Å². The smallest absolute Gasteiger partial charge is 0.248 e. The number of nitrogens with zero attached hydrogens (tertiary/aromatic N) is 1. The summed E-state index contributed by atoms with van der Waals surface area (Å²) in [5.41, 5.74) is 2.51. The van der Waals surface area contributed by atoms with E-state index in [4.69, 9.17) is 10.6 Å². The quantitative estimate of drug-likeness (QED) is 0.254. The van der Waals surface area contributed by atoms with Crippen LogP contribution in [0.15, 0.2) is 4.99 Å². The molecular formula is C10H19F2N3O. The molecule has 1 saturated carbocycles. The van der Waals surface area contributed by atoms with Crippen LogP contribution >= 0.6 is 0 Å². The highest BCUT2D eigenvalue weighted by Crippen LogP contribution is 2.36. The van der Waals surface area contributed by atoms with E-state index in [2.05, 4.69) is 10.4 Å². The zero-order chi connectivity index (χ0) is 12.0. The van der Waals surface area contributed by atoms with E-state index >= 15 is 0 Å². The predicted octanol–water partition coefficient (Wildman–Crippen LogP) is 1.32. The van der Waals surface area contributed by atoms with Gasteiger partial charge in [0, 0.05) is 25.9 Å². The second-order valence-corrected chi connectivity index (χ2v) is 4.03. The molecule has 1 rings (SSSR count). The van der Waals surface area contributed by atoms with E-state index in [9.17, 15) is 8.78 Å². The maximum absolute atomic E-state index is 12.9. The largest absolute Gasteiger partial charge is 0.383 e. The summed E-state index contributed by atoms with van der Waals surface area (Å²) in [6.07, 6.45) is 0.706. The second-order valence-electron chi connectivity index (χ2n) is 4.03. The Balaban J connectivity index is 2.45. The molecule has 3 N–H and O–H groups in total. The fraction of sp³-hybridized carbons (Fsp3) is 0.900. The molecule has 94 valence electrons. The SMILES string of the molecule is COCCN=C(NN)C1CCC(F)(F)CC1. The Labute approximate surface area is 94.2 Å². The second kappa shape index (κ2) is 6.10. The first-order chi connectivity index (χ1) is 7.59. The van der Waals surface area contributed by atoms with Gasteiger partial charge in [-0.1, -0.05) is 0 Å². The average Bonchev–Trinajstić information content (AvgIpc) is 2.25. The number of aliphatic imine (C=N–C) groups is 1. The van der Waals surface area contributed by atoms with Crippen LogP contribution in [-0.4, -0.2) is 32.0 Å². The minimum absolute atomic E-state index is 0.0291. The summed E-state index contributed by atoms with van der Waals surface area (Å²) in [5.74, 6) is 3.48. The summed E-state index contributed by atoms with van der Waals surface area (Å²) >= 11 is 0. The van der Waals surface area contributed by atoms with Crippen molar-refractivity contribution in [2.75, 3.05) is 20.3 Å². The molecule has 0 bridgehead atoms. The summed E-state index contributed by atoms with van der Waals surface area (Å²) in [6, 6.07) is 0. The molecule has 16 heavy (non-hydrogen) atoms.